The molecule has 5 aliphatic rings. The first-order valence-electron chi connectivity index (χ1n) is 19.0. The topological polar surface area (TPSA) is 165 Å². The second-order valence-electron chi connectivity index (χ2n) is 12.4. The van der Waals surface area contributed by atoms with Gasteiger partial charge in [0.1, 0.15) is 5.75 Å². The van der Waals surface area contributed by atoms with Gasteiger partial charge in [0, 0.05) is 31.1 Å². The Kier molecular flexibility index (Phi) is 28.0. The monoisotopic (exact) mass is 792 g/mol. The van der Waals surface area contributed by atoms with E-state index in [9.17, 15) is 34.5 Å². The molecule has 2 aromatic rings. The Morgan fingerprint density at radius 1 is 0.569 bits per heavy atom. The Hall–Kier alpha value is -6.42. The average Bonchev–Trinajstić information content (AvgIpc) is 3.29. The summed E-state index contributed by atoms with van der Waals surface area (Å²) in [6.07, 6.45) is 38.7. The number of carboxylic acids is 3. The van der Waals surface area contributed by atoms with Crippen LogP contribution in [0.1, 0.15) is 69.6 Å². The minimum Gasteiger partial charge on any atom is -0.549 e. The molecule has 0 heterocycles. The molecule has 0 aromatic heterocycles. The molecule has 0 saturated carbocycles. The minimum absolute atomic E-state index is 0. The molecule has 0 saturated heterocycles. The van der Waals surface area contributed by atoms with Gasteiger partial charge >= 0.3 is 1.43 Å². The highest BCUT2D eigenvalue weighted by Gasteiger charge is 2.02. The van der Waals surface area contributed by atoms with E-state index in [2.05, 4.69) is 36.5 Å². The number of ether oxygens (including phenoxy) is 3. The van der Waals surface area contributed by atoms with Crippen molar-refractivity contribution in [3.05, 3.63) is 175 Å². The van der Waals surface area contributed by atoms with Gasteiger partial charge in [0.15, 0.2) is 5.78 Å². The number of hydrogen-bond donors (Lipinski definition) is 0. The summed E-state index contributed by atoms with van der Waals surface area (Å²) in [4.78, 5) is 40.7. The quantitative estimate of drug-likeness (QED) is 0.290. The summed E-state index contributed by atoms with van der Waals surface area (Å²) in [5, 5.41) is 30.4. The minimum atomic E-state index is -1.13. The lowest BCUT2D eigenvalue weighted by Gasteiger charge is -2.10. The Bertz CT molecular complexity index is 1670. The average molecular weight is 793 g/mol. The van der Waals surface area contributed by atoms with E-state index in [0.29, 0.717) is 0 Å². The van der Waals surface area contributed by atoms with Crippen LogP contribution in [0, 0.1) is 11.8 Å². The fourth-order valence-electron chi connectivity index (χ4n) is 4.81. The number of carbonyl (C=O) groups excluding carboxylic acids is 4. The zero-order valence-electron chi connectivity index (χ0n) is 34.6. The SMILES string of the molecule is COC1=CCC=CC1.COC1=CCC=CC1.COc1ccccc1.O=C([O-])C1C=CCC=C1.O=C([O-])C1C=CCC=C1.O=C([O-])c1ccccc1.O=C1C=CCCC1.[H+]. The van der Waals surface area contributed by atoms with E-state index in [1.807, 2.05) is 60.7 Å². The molecule has 10 nitrogen and oxygen atoms in total. The molecule has 0 atom stereocenters. The number of carboxylic acid groups (broad SMARTS) is 3. The molecule has 7 rings (SSSR count). The maximum atomic E-state index is 10.4. The van der Waals surface area contributed by atoms with Crippen molar-refractivity contribution in [3.63, 3.8) is 0 Å². The second kappa shape index (κ2) is 32.8. The molecule has 10 heteroatoms. The van der Waals surface area contributed by atoms with Gasteiger partial charge in [0.25, 0.3) is 0 Å². The molecule has 310 valence electrons. The van der Waals surface area contributed by atoms with Gasteiger partial charge in [-0.3, -0.25) is 4.79 Å². The van der Waals surface area contributed by atoms with Gasteiger partial charge in [-0.25, -0.2) is 0 Å². The fraction of sp³-hybridized carbons (Fsp3) is 0.292. The number of rotatable bonds is 6. The van der Waals surface area contributed by atoms with Crippen LogP contribution in [0.15, 0.2) is 169 Å². The molecule has 0 N–H and O–H groups in total. The molecular formula is C48H56O10-2. The fourth-order valence-corrected chi connectivity index (χ4v) is 4.81. The second-order valence-corrected chi connectivity index (χ2v) is 12.4. The summed E-state index contributed by atoms with van der Waals surface area (Å²) in [5.41, 5.74) is 0.220. The van der Waals surface area contributed by atoms with Crippen molar-refractivity contribution < 1.29 is 50.1 Å². The van der Waals surface area contributed by atoms with Crippen molar-refractivity contribution in [2.45, 2.75) is 57.8 Å². The van der Waals surface area contributed by atoms with Crippen LogP contribution in [0.4, 0.5) is 0 Å². The number of ketones is 1. The van der Waals surface area contributed by atoms with Crippen LogP contribution in [0.5, 0.6) is 5.75 Å². The lowest BCUT2D eigenvalue weighted by Crippen LogP contribution is -2.29. The smallest absolute Gasteiger partial charge is 0.549 e. The van der Waals surface area contributed by atoms with Gasteiger partial charge in [-0.2, -0.15) is 0 Å². The van der Waals surface area contributed by atoms with E-state index < -0.39 is 29.7 Å². The number of allylic oxidation sites excluding steroid dienone is 12. The predicted octanol–water partition coefficient (Wildman–Crippen LogP) is 6.62. The molecule has 0 unspecified atom stereocenters. The van der Waals surface area contributed by atoms with Crippen molar-refractivity contribution >= 4 is 23.7 Å². The first-order valence-corrected chi connectivity index (χ1v) is 19.0. The number of methoxy groups -OCH3 is 3. The van der Waals surface area contributed by atoms with Crippen molar-refractivity contribution in [1.29, 1.82) is 0 Å². The van der Waals surface area contributed by atoms with Crippen LogP contribution < -0.4 is 20.1 Å². The van der Waals surface area contributed by atoms with E-state index in [1.165, 1.54) is 12.1 Å². The van der Waals surface area contributed by atoms with Gasteiger partial charge in [0.05, 0.1) is 50.8 Å². The van der Waals surface area contributed by atoms with E-state index in [1.54, 1.807) is 69.9 Å². The van der Waals surface area contributed by atoms with E-state index in [-0.39, 0.29) is 12.8 Å². The number of para-hydroxylation sites is 1. The third kappa shape index (κ3) is 25.6. The number of aliphatic carboxylic acids is 2. The van der Waals surface area contributed by atoms with Crippen LogP contribution >= 0.6 is 0 Å². The van der Waals surface area contributed by atoms with Crippen LogP contribution in [0.2, 0.25) is 0 Å². The Labute approximate surface area is 344 Å². The van der Waals surface area contributed by atoms with Crippen LogP contribution in [0.3, 0.4) is 0 Å². The van der Waals surface area contributed by atoms with E-state index >= 15 is 0 Å². The van der Waals surface area contributed by atoms with Crippen molar-refractivity contribution in [2.24, 2.45) is 11.8 Å². The lowest BCUT2D eigenvalue weighted by atomic mass is 10.0. The number of hydrogen-bond acceptors (Lipinski definition) is 10. The van der Waals surface area contributed by atoms with Crippen LogP contribution in [-0.2, 0) is 23.9 Å². The molecule has 0 radical (unpaired) electrons. The van der Waals surface area contributed by atoms with E-state index in [4.69, 9.17) is 14.2 Å². The van der Waals surface area contributed by atoms with Gasteiger partial charge in [0.2, 0.25) is 0 Å². The summed E-state index contributed by atoms with van der Waals surface area (Å²) in [6, 6.07) is 17.7. The van der Waals surface area contributed by atoms with Crippen molar-refractivity contribution in [2.75, 3.05) is 21.3 Å². The first kappa shape index (κ1) is 49.6. The van der Waals surface area contributed by atoms with Gasteiger partial charge in [-0.05, 0) is 74.4 Å². The van der Waals surface area contributed by atoms with Gasteiger partial charge < -0.3 is 43.9 Å². The zero-order chi connectivity index (χ0) is 42.6. The van der Waals surface area contributed by atoms with Crippen LogP contribution in [-0.4, -0.2) is 45.0 Å². The summed E-state index contributed by atoms with van der Waals surface area (Å²) < 4.78 is 14.9. The highest BCUT2D eigenvalue weighted by molar-refractivity contribution is 5.90. The van der Waals surface area contributed by atoms with Gasteiger partial charge in [-0.15, -0.1) is 0 Å². The molecule has 0 aliphatic heterocycles. The Morgan fingerprint density at radius 3 is 1.24 bits per heavy atom. The molecule has 0 fully saturated rings. The molecule has 0 spiro atoms. The summed E-state index contributed by atoms with van der Waals surface area (Å²) >= 11 is 0. The number of benzene rings is 2. The summed E-state index contributed by atoms with van der Waals surface area (Å²) in [6.45, 7) is 0. The lowest BCUT2D eigenvalue weighted by molar-refractivity contribution is -0.309. The van der Waals surface area contributed by atoms with Gasteiger partial charge in [-0.1, -0.05) is 128 Å². The maximum Gasteiger partial charge on any atom is 1.00 e. The third-order valence-electron chi connectivity index (χ3n) is 8.01. The maximum absolute atomic E-state index is 10.4. The normalized spacial score (nSPS) is 15.6. The number of carbonyl (C=O) groups is 4. The number of aromatic carboxylic acids is 1. The molecule has 5 aliphatic carbocycles. The molecule has 2 aromatic carbocycles. The largest absolute Gasteiger partial charge is 1.00 e. The Balaban J connectivity index is 0.000000664. The molecular weight excluding hydrogens is 737 g/mol. The van der Waals surface area contributed by atoms with Crippen LogP contribution in [0.25, 0.3) is 0 Å². The molecule has 0 bridgehead atoms. The molecule has 58 heavy (non-hydrogen) atoms. The molecule has 0 amide bonds. The standard InChI is InChI=1S/2C7H8O2.C7H6O2.2C7H10O.C7H8O.C6H8O/c3*8-7(9)6-4-2-1-3-5-6;3*1-8-7-5-3-2-4-6-7;7-6-4-2-1-3-5-6/h2*2-6H,1H2,(H,8,9);1-5H,(H,8,9);2*2-3,6H,4-5H2,1H3;2-6H,1H3;2,4H,1,3,5H2/p-2. The highest BCUT2D eigenvalue weighted by atomic mass is 16.5. The summed E-state index contributed by atoms with van der Waals surface area (Å²) in [7, 11) is 5.09. The zero-order valence-corrected chi connectivity index (χ0v) is 33.6. The first-order chi connectivity index (χ1) is 28.1. The van der Waals surface area contributed by atoms with Crippen molar-refractivity contribution in [1.82, 2.24) is 0 Å². The van der Waals surface area contributed by atoms with Crippen molar-refractivity contribution in [3.8, 4) is 5.75 Å². The summed E-state index contributed by atoms with van der Waals surface area (Å²) in [5.74, 6) is -0.809. The Morgan fingerprint density at radius 2 is 1.02 bits per heavy atom. The highest BCUT2D eigenvalue weighted by Crippen LogP contribution is 2.11. The third-order valence-corrected chi connectivity index (χ3v) is 8.01. The van der Waals surface area contributed by atoms with E-state index in [0.717, 1.165) is 75.1 Å². The predicted molar refractivity (Wildman–Crippen MR) is 223 cm³/mol.